The van der Waals surface area contributed by atoms with Gasteiger partial charge in [0.15, 0.2) is 0 Å². The van der Waals surface area contributed by atoms with Crippen molar-refractivity contribution in [3.05, 3.63) is 64.0 Å². The molecule has 1 N–H and O–H groups in total. The predicted molar refractivity (Wildman–Crippen MR) is 81.0 cm³/mol. The van der Waals surface area contributed by atoms with E-state index in [2.05, 4.69) is 4.98 Å². The first-order valence-corrected chi connectivity index (χ1v) is 7.65. The standard InChI is InChI=1S/C17H11F5N2O3/c18-9-5-10(17(20,21)22)14(11(19)6-9)15(25)24-4-3-12-8(7-24)1-2-13(23-12)16(26)27/h1-2,5-6H,3-4,7H2,(H,26,27). The molecule has 5 nitrogen and oxygen atoms in total. The van der Waals surface area contributed by atoms with Crippen LogP contribution in [0, 0.1) is 11.6 Å². The molecule has 0 saturated heterocycles. The number of fused-ring (bicyclic) bond motifs is 1. The maximum Gasteiger partial charge on any atom is 0.417 e. The van der Waals surface area contributed by atoms with Crippen LogP contribution in [0.15, 0.2) is 24.3 Å². The molecule has 0 spiro atoms. The van der Waals surface area contributed by atoms with Crippen molar-refractivity contribution in [1.82, 2.24) is 9.88 Å². The zero-order valence-electron chi connectivity index (χ0n) is 13.5. The lowest BCUT2D eigenvalue weighted by Crippen LogP contribution is -2.38. The van der Waals surface area contributed by atoms with Gasteiger partial charge in [0.2, 0.25) is 0 Å². The van der Waals surface area contributed by atoms with Crippen molar-refractivity contribution in [3.8, 4) is 0 Å². The number of hydrogen-bond acceptors (Lipinski definition) is 3. The molecule has 142 valence electrons. The number of amides is 1. The molecule has 2 aromatic rings. The van der Waals surface area contributed by atoms with Gasteiger partial charge < -0.3 is 10.0 Å². The molecule has 1 aliphatic rings. The number of aromatic nitrogens is 1. The van der Waals surface area contributed by atoms with E-state index in [-0.39, 0.29) is 37.3 Å². The van der Waals surface area contributed by atoms with Crippen molar-refractivity contribution < 1.29 is 36.6 Å². The number of nitrogens with zero attached hydrogens (tertiary/aromatic N) is 2. The van der Waals surface area contributed by atoms with Gasteiger partial charge in [-0.2, -0.15) is 13.2 Å². The SMILES string of the molecule is O=C(O)c1ccc2c(n1)CCN(C(=O)c1c(F)cc(F)cc1C(F)(F)F)C2. The highest BCUT2D eigenvalue weighted by Crippen LogP contribution is 2.35. The molecular weight excluding hydrogens is 375 g/mol. The lowest BCUT2D eigenvalue weighted by atomic mass is 10.0. The zero-order chi connectivity index (χ0) is 19.9. The van der Waals surface area contributed by atoms with Gasteiger partial charge in [0, 0.05) is 31.3 Å². The first-order valence-electron chi connectivity index (χ1n) is 7.65. The summed E-state index contributed by atoms with van der Waals surface area (Å²) < 4.78 is 66.6. The Morgan fingerprint density at radius 3 is 2.48 bits per heavy atom. The molecule has 10 heteroatoms. The summed E-state index contributed by atoms with van der Waals surface area (Å²) in [6.45, 7) is -0.259. The zero-order valence-corrected chi connectivity index (χ0v) is 13.5. The number of halogens is 5. The fourth-order valence-corrected chi connectivity index (χ4v) is 2.88. The fourth-order valence-electron chi connectivity index (χ4n) is 2.88. The van der Waals surface area contributed by atoms with Crippen LogP contribution >= 0.6 is 0 Å². The topological polar surface area (TPSA) is 70.5 Å². The first-order chi connectivity index (χ1) is 12.6. The van der Waals surface area contributed by atoms with E-state index in [0.717, 1.165) is 4.90 Å². The van der Waals surface area contributed by atoms with Crippen LogP contribution in [-0.4, -0.2) is 33.4 Å². The van der Waals surface area contributed by atoms with E-state index in [1.54, 1.807) is 0 Å². The monoisotopic (exact) mass is 386 g/mol. The number of carboxylic acids is 1. The number of alkyl halides is 3. The second-order valence-electron chi connectivity index (χ2n) is 5.89. The summed E-state index contributed by atoms with van der Waals surface area (Å²) in [5.74, 6) is -5.50. The number of rotatable bonds is 2. The minimum atomic E-state index is -5.11. The first kappa shape index (κ1) is 18.7. The molecule has 1 aliphatic heterocycles. The normalized spacial score (nSPS) is 14.0. The Kier molecular flexibility index (Phi) is 4.58. The van der Waals surface area contributed by atoms with E-state index < -0.39 is 40.8 Å². The van der Waals surface area contributed by atoms with Crippen LogP contribution < -0.4 is 0 Å². The number of aromatic carboxylic acids is 1. The van der Waals surface area contributed by atoms with Crippen LogP contribution in [0.1, 0.15) is 37.7 Å². The molecule has 1 aromatic heterocycles. The number of pyridine rings is 1. The maximum atomic E-state index is 14.0. The fraction of sp³-hybridized carbons (Fsp3) is 0.235. The van der Waals surface area contributed by atoms with Gasteiger partial charge in [-0.3, -0.25) is 4.79 Å². The molecule has 3 rings (SSSR count). The van der Waals surface area contributed by atoms with Gasteiger partial charge in [0.05, 0.1) is 11.1 Å². The van der Waals surface area contributed by atoms with Gasteiger partial charge in [0.25, 0.3) is 5.91 Å². The third kappa shape index (κ3) is 3.60. The number of carboxylic acid groups (broad SMARTS) is 1. The Morgan fingerprint density at radius 2 is 1.85 bits per heavy atom. The van der Waals surface area contributed by atoms with Crippen LogP contribution in [0.3, 0.4) is 0 Å². The van der Waals surface area contributed by atoms with E-state index in [1.807, 2.05) is 0 Å². The molecule has 0 atom stereocenters. The van der Waals surface area contributed by atoms with E-state index in [4.69, 9.17) is 5.11 Å². The van der Waals surface area contributed by atoms with E-state index >= 15 is 0 Å². The Hall–Kier alpha value is -3.04. The number of carbonyl (C=O) groups is 2. The second kappa shape index (κ2) is 6.60. The maximum absolute atomic E-state index is 14.0. The minimum Gasteiger partial charge on any atom is -0.477 e. The van der Waals surface area contributed by atoms with Gasteiger partial charge in [-0.25, -0.2) is 18.6 Å². The van der Waals surface area contributed by atoms with Crippen LogP contribution in [0.25, 0.3) is 0 Å². The molecule has 0 radical (unpaired) electrons. The molecule has 1 amide bonds. The molecule has 2 heterocycles. The molecule has 0 unspecified atom stereocenters. The summed E-state index contributed by atoms with van der Waals surface area (Å²) in [4.78, 5) is 28.4. The quantitative estimate of drug-likeness (QED) is 0.805. The Morgan fingerprint density at radius 1 is 1.15 bits per heavy atom. The highest BCUT2D eigenvalue weighted by molar-refractivity contribution is 5.96. The van der Waals surface area contributed by atoms with E-state index in [0.29, 0.717) is 11.3 Å². The molecule has 0 bridgehead atoms. The average Bonchev–Trinajstić information content (AvgIpc) is 2.58. The molecule has 27 heavy (non-hydrogen) atoms. The van der Waals surface area contributed by atoms with Crippen molar-refractivity contribution in [3.63, 3.8) is 0 Å². The molecular formula is C17H11F5N2O3. The molecule has 0 fully saturated rings. The van der Waals surface area contributed by atoms with E-state index in [9.17, 15) is 31.5 Å². The van der Waals surface area contributed by atoms with Crippen LogP contribution in [0.5, 0.6) is 0 Å². The lowest BCUT2D eigenvalue weighted by Gasteiger charge is -2.29. The third-order valence-corrected chi connectivity index (χ3v) is 4.13. The summed E-state index contributed by atoms with van der Waals surface area (Å²) in [5, 5.41) is 8.93. The minimum absolute atomic E-state index is 0.0783. The van der Waals surface area contributed by atoms with Crippen LogP contribution in [0.4, 0.5) is 22.0 Å². The summed E-state index contributed by atoms with van der Waals surface area (Å²) in [5.41, 5.74) is -2.29. The van der Waals surface area contributed by atoms with Crippen molar-refractivity contribution in [2.45, 2.75) is 19.1 Å². The van der Waals surface area contributed by atoms with Crippen LogP contribution in [-0.2, 0) is 19.1 Å². The van der Waals surface area contributed by atoms with Crippen molar-refractivity contribution in [1.29, 1.82) is 0 Å². The smallest absolute Gasteiger partial charge is 0.417 e. The van der Waals surface area contributed by atoms with Crippen molar-refractivity contribution in [2.75, 3.05) is 6.54 Å². The van der Waals surface area contributed by atoms with Gasteiger partial charge in [0.1, 0.15) is 17.3 Å². The number of hydrogen-bond donors (Lipinski definition) is 1. The Labute approximate surface area is 149 Å². The third-order valence-electron chi connectivity index (χ3n) is 4.13. The summed E-state index contributed by atoms with van der Waals surface area (Å²) in [7, 11) is 0. The largest absolute Gasteiger partial charge is 0.477 e. The predicted octanol–water partition coefficient (Wildman–Crippen LogP) is 3.28. The highest BCUT2D eigenvalue weighted by Gasteiger charge is 2.39. The summed E-state index contributed by atoms with van der Waals surface area (Å²) >= 11 is 0. The molecule has 0 aliphatic carbocycles. The lowest BCUT2D eigenvalue weighted by molar-refractivity contribution is -0.138. The van der Waals surface area contributed by atoms with Crippen molar-refractivity contribution in [2.24, 2.45) is 0 Å². The Bertz CT molecular complexity index is 943. The molecule has 0 saturated carbocycles. The van der Waals surface area contributed by atoms with Crippen molar-refractivity contribution >= 4 is 11.9 Å². The molecule has 1 aromatic carbocycles. The highest BCUT2D eigenvalue weighted by atomic mass is 19.4. The summed E-state index contributed by atoms with van der Waals surface area (Å²) in [6, 6.07) is 2.90. The number of benzene rings is 1. The van der Waals surface area contributed by atoms with E-state index in [1.165, 1.54) is 12.1 Å². The Balaban J connectivity index is 1.95. The second-order valence-corrected chi connectivity index (χ2v) is 5.89. The average molecular weight is 386 g/mol. The van der Waals surface area contributed by atoms with Gasteiger partial charge >= 0.3 is 12.1 Å². The summed E-state index contributed by atoms with van der Waals surface area (Å²) in [6.07, 6.45) is -5.02. The van der Waals surface area contributed by atoms with Crippen LogP contribution in [0.2, 0.25) is 0 Å². The van der Waals surface area contributed by atoms with Gasteiger partial charge in [-0.15, -0.1) is 0 Å². The number of carbonyl (C=O) groups excluding carboxylic acids is 1. The van der Waals surface area contributed by atoms with Gasteiger partial charge in [-0.1, -0.05) is 6.07 Å². The van der Waals surface area contributed by atoms with Gasteiger partial charge in [-0.05, 0) is 17.7 Å².